The number of benzene rings is 1. The predicted molar refractivity (Wildman–Crippen MR) is 83.6 cm³/mol. The minimum Gasteiger partial charge on any atom is -0.508 e. The zero-order chi connectivity index (χ0) is 16.2. The molecule has 0 unspecified atom stereocenters. The van der Waals surface area contributed by atoms with Gasteiger partial charge >= 0.3 is 5.97 Å². The lowest BCUT2D eigenvalue weighted by atomic mass is 10.1. The predicted octanol–water partition coefficient (Wildman–Crippen LogP) is 2.69. The Morgan fingerprint density at radius 1 is 0.870 bits per heavy atom. The number of phenols is 1. The van der Waals surface area contributed by atoms with Crippen LogP contribution in [0.3, 0.4) is 0 Å². The standard InChI is InChI=1S/C16H12N4O3/c21-13-4-1-10(2-5-13)11-7-18-16(19-8-11)20-12-3-6-14(15(22)23)17-9-12/h1-9,21H,(H,22,23)(H,18,19,20). The van der Waals surface area contributed by atoms with Gasteiger partial charge in [0.05, 0.1) is 11.9 Å². The molecular weight excluding hydrogens is 296 g/mol. The van der Waals surface area contributed by atoms with Crippen LogP contribution in [0.2, 0.25) is 0 Å². The highest BCUT2D eigenvalue weighted by atomic mass is 16.4. The number of aromatic carboxylic acids is 1. The van der Waals surface area contributed by atoms with Crippen molar-refractivity contribution < 1.29 is 15.0 Å². The summed E-state index contributed by atoms with van der Waals surface area (Å²) in [5.74, 6) is -0.506. The van der Waals surface area contributed by atoms with E-state index in [0.717, 1.165) is 11.1 Å². The van der Waals surface area contributed by atoms with Crippen LogP contribution in [0.15, 0.2) is 55.0 Å². The van der Waals surface area contributed by atoms with Crippen LogP contribution >= 0.6 is 0 Å². The van der Waals surface area contributed by atoms with Crippen LogP contribution in [0.5, 0.6) is 5.75 Å². The topological polar surface area (TPSA) is 108 Å². The first-order valence-electron chi connectivity index (χ1n) is 6.69. The fraction of sp³-hybridized carbons (Fsp3) is 0. The number of aromatic nitrogens is 3. The van der Waals surface area contributed by atoms with Crippen molar-refractivity contribution in [3.8, 4) is 16.9 Å². The zero-order valence-corrected chi connectivity index (χ0v) is 11.8. The molecule has 0 aliphatic carbocycles. The molecule has 0 aliphatic rings. The molecule has 3 aromatic rings. The molecule has 3 N–H and O–H groups in total. The van der Waals surface area contributed by atoms with Crippen molar-refractivity contribution in [3.05, 3.63) is 60.7 Å². The van der Waals surface area contributed by atoms with Crippen LogP contribution in [0.25, 0.3) is 11.1 Å². The van der Waals surface area contributed by atoms with E-state index in [0.29, 0.717) is 11.6 Å². The summed E-state index contributed by atoms with van der Waals surface area (Å²) in [5.41, 5.74) is 2.27. The Balaban J connectivity index is 1.74. The highest BCUT2D eigenvalue weighted by molar-refractivity contribution is 5.85. The molecule has 0 saturated heterocycles. The number of nitrogens with one attached hydrogen (secondary N) is 1. The molecule has 1 aromatic carbocycles. The first-order valence-corrected chi connectivity index (χ1v) is 6.69. The number of carboxylic acids is 1. The van der Waals surface area contributed by atoms with Gasteiger partial charge in [0.15, 0.2) is 0 Å². The van der Waals surface area contributed by atoms with E-state index in [1.54, 1.807) is 42.7 Å². The number of rotatable bonds is 4. The molecule has 7 heteroatoms. The lowest BCUT2D eigenvalue weighted by molar-refractivity contribution is 0.0690. The summed E-state index contributed by atoms with van der Waals surface area (Å²) >= 11 is 0. The number of hydrogen-bond acceptors (Lipinski definition) is 6. The molecule has 0 aliphatic heterocycles. The van der Waals surface area contributed by atoms with Crippen molar-refractivity contribution in [1.29, 1.82) is 0 Å². The maximum Gasteiger partial charge on any atom is 0.354 e. The first kappa shape index (κ1) is 14.5. The van der Waals surface area contributed by atoms with Crippen LogP contribution in [0, 0.1) is 0 Å². The lowest BCUT2D eigenvalue weighted by Crippen LogP contribution is -2.01. The lowest BCUT2D eigenvalue weighted by Gasteiger charge is -2.06. The van der Waals surface area contributed by atoms with Gasteiger partial charge < -0.3 is 15.5 Å². The summed E-state index contributed by atoms with van der Waals surface area (Å²) < 4.78 is 0. The van der Waals surface area contributed by atoms with Crippen LogP contribution in [-0.2, 0) is 0 Å². The summed E-state index contributed by atoms with van der Waals surface area (Å²) in [6.45, 7) is 0. The van der Waals surface area contributed by atoms with E-state index in [-0.39, 0.29) is 11.4 Å². The van der Waals surface area contributed by atoms with Crippen LogP contribution in [-0.4, -0.2) is 31.1 Å². The second-order valence-corrected chi connectivity index (χ2v) is 4.70. The number of phenolic OH excluding ortho intramolecular Hbond substituents is 1. The molecular formula is C16H12N4O3. The summed E-state index contributed by atoms with van der Waals surface area (Å²) in [7, 11) is 0. The summed E-state index contributed by atoms with van der Waals surface area (Å²) in [5, 5.41) is 21.0. The first-order chi connectivity index (χ1) is 11.1. The average Bonchev–Trinajstić information content (AvgIpc) is 2.57. The van der Waals surface area contributed by atoms with E-state index in [1.165, 1.54) is 12.3 Å². The van der Waals surface area contributed by atoms with Gasteiger partial charge in [-0.3, -0.25) is 0 Å². The molecule has 23 heavy (non-hydrogen) atoms. The number of aromatic hydroxyl groups is 1. The fourth-order valence-electron chi connectivity index (χ4n) is 1.92. The molecule has 0 saturated carbocycles. The third kappa shape index (κ3) is 3.41. The minimum atomic E-state index is -1.08. The maximum atomic E-state index is 10.7. The van der Waals surface area contributed by atoms with Crippen molar-refractivity contribution in [2.75, 3.05) is 5.32 Å². The minimum absolute atomic E-state index is 0.0286. The Hall–Kier alpha value is -3.48. The van der Waals surface area contributed by atoms with Crippen molar-refractivity contribution >= 4 is 17.6 Å². The maximum absolute atomic E-state index is 10.7. The van der Waals surface area contributed by atoms with Crippen LogP contribution in [0.1, 0.15) is 10.5 Å². The Morgan fingerprint density at radius 2 is 1.57 bits per heavy atom. The molecule has 2 heterocycles. The molecule has 7 nitrogen and oxygen atoms in total. The fourth-order valence-corrected chi connectivity index (χ4v) is 1.92. The Bertz CT molecular complexity index is 815. The van der Waals surface area contributed by atoms with Gasteiger partial charge in [-0.2, -0.15) is 0 Å². The number of pyridine rings is 1. The molecule has 0 atom stereocenters. The molecule has 3 rings (SSSR count). The molecule has 0 bridgehead atoms. The van der Waals surface area contributed by atoms with E-state index < -0.39 is 5.97 Å². The van der Waals surface area contributed by atoms with Crippen molar-refractivity contribution in [2.45, 2.75) is 0 Å². The molecule has 114 valence electrons. The summed E-state index contributed by atoms with van der Waals surface area (Å²) in [6.07, 6.45) is 4.71. The Morgan fingerprint density at radius 3 is 2.13 bits per heavy atom. The van der Waals surface area contributed by atoms with Gasteiger partial charge in [0.1, 0.15) is 11.4 Å². The second kappa shape index (κ2) is 6.10. The van der Waals surface area contributed by atoms with Crippen LogP contribution in [0.4, 0.5) is 11.6 Å². The number of carboxylic acid groups (broad SMARTS) is 1. The van der Waals surface area contributed by atoms with Gasteiger partial charge in [-0.15, -0.1) is 0 Å². The second-order valence-electron chi connectivity index (χ2n) is 4.70. The monoisotopic (exact) mass is 308 g/mol. The quantitative estimate of drug-likeness (QED) is 0.680. The Kier molecular flexibility index (Phi) is 3.84. The average molecular weight is 308 g/mol. The van der Waals surface area contributed by atoms with Gasteiger partial charge in [-0.25, -0.2) is 19.7 Å². The highest BCUT2D eigenvalue weighted by Crippen LogP contribution is 2.21. The number of carbonyl (C=O) groups is 1. The van der Waals surface area contributed by atoms with Crippen molar-refractivity contribution in [1.82, 2.24) is 15.0 Å². The number of hydrogen-bond donors (Lipinski definition) is 3. The van der Waals surface area contributed by atoms with Crippen molar-refractivity contribution in [3.63, 3.8) is 0 Å². The highest BCUT2D eigenvalue weighted by Gasteiger charge is 2.05. The molecule has 2 aromatic heterocycles. The van der Waals surface area contributed by atoms with Gasteiger partial charge in [-0.1, -0.05) is 12.1 Å². The SMILES string of the molecule is O=C(O)c1ccc(Nc2ncc(-c3ccc(O)cc3)cn2)cn1. The Labute approximate surface area is 131 Å². The van der Waals surface area contributed by atoms with E-state index in [2.05, 4.69) is 20.3 Å². The summed E-state index contributed by atoms with van der Waals surface area (Å²) in [6, 6.07) is 9.73. The third-order valence-corrected chi connectivity index (χ3v) is 3.09. The van der Waals surface area contributed by atoms with Crippen LogP contribution < -0.4 is 5.32 Å². The largest absolute Gasteiger partial charge is 0.508 e. The van der Waals surface area contributed by atoms with Crippen molar-refractivity contribution in [2.24, 2.45) is 0 Å². The van der Waals surface area contributed by atoms with E-state index in [1.807, 2.05) is 0 Å². The van der Waals surface area contributed by atoms with E-state index in [4.69, 9.17) is 5.11 Å². The molecule has 0 amide bonds. The number of nitrogens with zero attached hydrogens (tertiary/aromatic N) is 3. The molecule has 0 fully saturated rings. The van der Waals surface area contributed by atoms with Gasteiger partial charge in [0, 0.05) is 18.0 Å². The smallest absolute Gasteiger partial charge is 0.354 e. The van der Waals surface area contributed by atoms with Gasteiger partial charge in [0.2, 0.25) is 5.95 Å². The summed E-state index contributed by atoms with van der Waals surface area (Å²) in [4.78, 5) is 23.0. The van der Waals surface area contributed by atoms with Gasteiger partial charge in [0.25, 0.3) is 0 Å². The zero-order valence-electron chi connectivity index (χ0n) is 11.8. The molecule has 0 spiro atoms. The van der Waals surface area contributed by atoms with E-state index in [9.17, 15) is 9.90 Å². The molecule has 0 radical (unpaired) electrons. The van der Waals surface area contributed by atoms with E-state index >= 15 is 0 Å². The van der Waals surface area contributed by atoms with Gasteiger partial charge in [-0.05, 0) is 29.8 Å². The number of anilines is 2. The third-order valence-electron chi connectivity index (χ3n) is 3.09. The normalized spacial score (nSPS) is 10.3.